The number of anilines is 1. The first-order valence-corrected chi connectivity index (χ1v) is 9.26. The van der Waals surface area contributed by atoms with Crippen molar-refractivity contribution in [1.29, 1.82) is 0 Å². The lowest BCUT2D eigenvalue weighted by Crippen LogP contribution is -2.46. The van der Waals surface area contributed by atoms with Gasteiger partial charge in [-0.15, -0.1) is 12.4 Å². The van der Waals surface area contributed by atoms with Crippen LogP contribution in [0.25, 0.3) is 10.8 Å². The van der Waals surface area contributed by atoms with Gasteiger partial charge in [0, 0.05) is 35.8 Å². The molecule has 1 aromatic heterocycles. The van der Waals surface area contributed by atoms with Crippen molar-refractivity contribution in [1.82, 2.24) is 10.3 Å². The molecule has 5 nitrogen and oxygen atoms in total. The van der Waals surface area contributed by atoms with Crippen LogP contribution < -0.4 is 15.8 Å². The molecule has 4 rings (SSSR count). The van der Waals surface area contributed by atoms with E-state index >= 15 is 0 Å². The zero-order valence-corrected chi connectivity index (χ0v) is 16.7. The molecule has 0 spiro atoms. The Kier molecular flexibility index (Phi) is 6.70. The molecular formula is C21H21ClF3N3O2. The van der Waals surface area contributed by atoms with Gasteiger partial charge < -0.3 is 20.9 Å². The van der Waals surface area contributed by atoms with Crippen molar-refractivity contribution < 1.29 is 23.0 Å². The number of nitrogens with zero attached hydrogens (tertiary/aromatic N) is 1. The largest absolute Gasteiger partial charge is 0.487 e. The topological polar surface area (TPSA) is 80.4 Å². The lowest BCUT2D eigenvalue weighted by molar-refractivity contribution is 0.0801. The molecule has 0 atom stereocenters. The molecular weight excluding hydrogens is 419 g/mol. The molecule has 0 radical (unpaired) electrons. The Morgan fingerprint density at radius 1 is 1.10 bits per heavy atom. The van der Waals surface area contributed by atoms with Crippen LogP contribution in [0, 0.1) is 17.5 Å². The summed E-state index contributed by atoms with van der Waals surface area (Å²) < 4.78 is 46.8. The fourth-order valence-corrected chi connectivity index (χ4v) is 3.56. The van der Waals surface area contributed by atoms with Crippen LogP contribution in [0.5, 0.6) is 5.75 Å². The van der Waals surface area contributed by atoms with E-state index in [4.69, 9.17) is 10.5 Å². The lowest BCUT2D eigenvalue weighted by atomic mass is 9.88. The molecule has 1 aliphatic carbocycles. The highest BCUT2D eigenvalue weighted by Gasteiger charge is 2.31. The van der Waals surface area contributed by atoms with Crippen LogP contribution in [0.3, 0.4) is 0 Å². The van der Waals surface area contributed by atoms with Crippen LogP contribution >= 0.6 is 12.4 Å². The summed E-state index contributed by atoms with van der Waals surface area (Å²) >= 11 is 0. The van der Waals surface area contributed by atoms with Crippen molar-refractivity contribution in [2.24, 2.45) is 0 Å². The van der Waals surface area contributed by atoms with E-state index in [0.717, 1.165) is 12.1 Å². The molecule has 9 heteroatoms. The molecule has 3 aromatic rings. The van der Waals surface area contributed by atoms with E-state index in [1.807, 2.05) is 0 Å². The number of rotatable bonds is 6. The fourth-order valence-electron chi connectivity index (χ4n) is 3.56. The summed E-state index contributed by atoms with van der Waals surface area (Å²) in [5.41, 5.74) is 6.65. The van der Waals surface area contributed by atoms with Crippen LogP contribution in [-0.2, 0) is 13.2 Å². The van der Waals surface area contributed by atoms with E-state index in [2.05, 4.69) is 10.3 Å². The van der Waals surface area contributed by atoms with Crippen molar-refractivity contribution in [3.05, 3.63) is 65.1 Å². The molecule has 1 heterocycles. The standard InChI is InChI=1S/C21H20F3N3O2.ClH/c22-12-1-2-20(19(24)4-12)29-14-5-13(6-14)26-9-17-15-7-21(25)27-8-16(15)11(10-28)3-18(17)23;/h1-4,7-8,13-14,26,28H,5-6,9-10H2,(H2,25,27);1H. The van der Waals surface area contributed by atoms with Crippen LogP contribution in [0.2, 0.25) is 0 Å². The number of nitrogens with one attached hydrogen (secondary N) is 1. The molecule has 1 fully saturated rings. The predicted molar refractivity (Wildman–Crippen MR) is 110 cm³/mol. The summed E-state index contributed by atoms with van der Waals surface area (Å²) in [6.07, 6.45) is 2.58. The highest BCUT2D eigenvalue weighted by Crippen LogP contribution is 2.30. The number of aliphatic hydroxyl groups is 1. The first kappa shape index (κ1) is 22.1. The maximum Gasteiger partial charge on any atom is 0.167 e. The van der Waals surface area contributed by atoms with Crippen LogP contribution in [0.1, 0.15) is 24.0 Å². The number of aromatic nitrogens is 1. The first-order chi connectivity index (χ1) is 13.9. The third-order valence-electron chi connectivity index (χ3n) is 5.21. The minimum Gasteiger partial charge on any atom is -0.487 e. The molecule has 0 saturated heterocycles. The number of pyridine rings is 1. The Morgan fingerprint density at radius 3 is 2.57 bits per heavy atom. The van der Waals surface area contributed by atoms with Gasteiger partial charge in [0.25, 0.3) is 0 Å². The van der Waals surface area contributed by atoms with Crippen molar-refractivity contribution >= 4 is 29.0 Å². The Hall–Kier alpha value is -2.55. The number of nitrogens with two attached hydrogens (primary N) is 1. The van der Waals surface area contributed by atoms with Gasteiger partial charge in [-0.25, -0.2) is 18.2 Å². The number of benzene rings is 2. The number of halogens is 4. The molecule has 4 N–H and O–H groups in total. The summed E-state index contributed by atoms with van der Waals surface area (Å²) in [7, 11) is 0. The van der Waals surface area contributed by atoms with E-state index in [1.54, 1.807) is 6.07 Å². The molecule has 1 saturated carbocycles. The minimum atomic E-state index is -0.731. The van der Waals surface area contributed by atoms with Crippen molar-refractivity contribution in [2.45, 2.75) is 38.1 Å². The van der Waals surface area contributed by atoms with Gasteiger partial charge in [0.05, 0.1) is 6.61 Å². The highest BCUT2D eigenvalue weighted by atomic mass is 35.5. The minimum absolute atomic E-state index is 0. The number of hydrogen-bond acceptors (Lipinski definition) is 5. The van der Waals surface area contributed by atoms with E-state index in [-0.39, 0.29) is 49.3 Å². The third kappa shape index (κ3) is 4.45. The van der Waals surface area contributed by atoms with Gasteiger partial charge in [-0.3, -0.25) is 0 Å². The van der Waals surface area contributed by atoms with Crippen molar-refractivity contribution in [2.75, 3.05) is 5.73 Å². The molecule has 2 aromatic carbocycles. The highest BCUT2D eigenvalue weighted by molar-refractivity contribution is 5.89. The summed E-state index contributed by atoms with van der Waals surface area (Å²) in [6.45, 7) is -0.0336. The van der Waals surface area contributed by atoms with Crippen molar-refractivity contribution in [3.8, 4) is 5.75 Å². The number of fused-ring (bicyclic) bond motifs is 1. The molecule has 30 heavy (non-hydrogen) atoms. The molecule has 0 aliphatic heterocycles. The van der Waals surface area contributed by atoms with Crippen LogP contribution in [0.4, 0.5) is 19.0 Å². The van der Waals surface area contributed by atoms with Crippen molar-refractivity contribution in [3.63, 3.8) is 0 Å². The average Bonchev–Trinajstić information content (AvgIpc) is 2.65. The molecule has 160 valence electrons. The zero-order chi connectivity index (χ0) is 20.5. The maximum atomic E-state index is 14.6. The van der Waals surface area contributed by atoms with E-state index in [9.17, 15) is 18.3 Å². The zero-order valence-electron chi connectivity index (χ0n) is 15.9. The Labute approximate surface area is 177 Å². The van der Waals surface area contributed by atoms with Crippen LogP contribution in [-0.4, -0.2) is 22.2 Å². The van der Waals surface area contributed by atoms with Gasteiger partial charge in [0.1, 0.15) is 23.6 Å². The second kappa shape index (κ2) is 9.07. The summed E-state index contributed by atoms with van der Waals surface area (Å²) in [6, 6.07) is 6.19. The fraction of sp³-hybridized carbons (Fsp3) is 0.286. The summed E-state index contributed by atoms with van der Waals surface area (Å²) in [5.74, 6) is -1.52. The predicted octanol–water partition coefficient (Wildman–Crippen LogP) is 3.85. The number of hydrogen-bond donors (Lipinski definition) is 3. The number of ether oxygens (including phenoxy) is 1. The van der Waals surface area contributed by atoms with Gasteiger partial charge in [-0.1, -0.05) is 0 Å². The normalized spacial score (nSPS) is 18.0. The third-order valence-corrected chi connectivity index (χ3v) is 5.21. The monoisotopic (exact) mass is 439 g/mol. The van der Waals surface area contributed by atoms with Gasteiger partial charge in [0.2, 0.25) is 0 Å². The maximum absolute atomic E-state index is 14.6. The first-order valence-electron chi connectivity index (χ1n) is 9.26. The lowest BCUT2D eigenvalue weighted by Gasteiger charge is -2.36. The quantitative estimate of drug-likeness (QED) is 0.543. The number of aliphatic hydroxyl groups excluding tert-OH is 1. The molecule has 0 amide bonds. The average molecular weight is 440 g/mol. The second-order valence-corrected chi connectivity index (χ2v) is 7.17. The van der Waals surface area contributed by atoms with Gasteiger partial charge in [-0.05, 0) is 48.1 Å². The molecule has 0 unspecified atom stereocenters. The van der Waals surface area contributed by atoms with Gasteiger partial charge >= 0.3 is 0 Å². The van der Waals surface area contributed by atoms with Gasteiger partial charge in [0.15, 0.2) is 11.6 Å². The number of nitrogen functional groups attached to an aromatic ring is 1. The van der Waals surface area contributed by atoms with E-state index in [1.165, 1.54) is 18.3 Å². The van der Waals surface area contributed by atoms with Gasteiger partial charge in [-0.2, -0.15) is 0 Å². The SMILES string of the molecule is Cl.Nc1cc2c(CNC3CC(Oc4ccc(F)cc4F)C3)c(F)cc(CO)c2cn1. The smallest absolute Gasteiger partial charge is 0.167 e. The summed E-state index contributed by atoms with van der Waals surface area (Å²) in [5, 5.41) is 14.0. The Morgan fingerprint density at radius 2 is 1.87 bits per heavy atom. The second-order valence-electron chi connectivity index (χ2n) is 7.17. The molecule has 1 aliphatic rings. The van der Waals surface area contributed by atoms with E-state index in [0.29, 0.717) is 34.7 Å². The Balaban J connectivity index is 0.00000256. The molecule has 0 bridgehead atoms. The summed E-state index contributed by atoms with van der Waals surface area (Å²) in [4.78, 5) is 4.02. The Bertz CT molecular complexity index is 1060. The van der Waals surface area contributed by atoms with Crippen LogP contribution in [0.15, 0.2) is 36.5 Å². The van der Waals surface area contributed by atoms with E-state index < -0.39 is 17.5 Å².